The lowest BCUT2D eigenvalue weighted by molar-refractivity contribution is -0.385. The van der Waals surface area contributed by atoms with Gasteiger partial charge in [0, 0.05) is 23.8 Å². The van der Waals surface area contributed by atoms with Crippen molar-refractivity contribution in [3.63, 3.8) is 0 Å². The van der Waals surface area contributed by atoms with Crippen LogP contribution in [0.25, 0.3) is 0 Å². The van der Waals surface area contributed by atoms with E-state index in [0.29, 0.717) is 12.2 Å². The molecule has 6 heteroatoms. The third kappa shape index (κ3) is 2.41. The van der Waals surface area contributed by atoms with Gasteiger partial charge in [0.05, 0.1) is 4.92 Å². The van der Waals surface area contributed by atoms with E-state index in [1.165, 1.54) is 12.1 Å². The van der Waals surface area contributed by atoms with Crippen LogP contribution in [0.5, 0.6) is 0 Å². The van der Waals surface area contributed by atoms with E-state index in [-0.39, 0.29) is 16.8 Å². The van der Waals surface area contributed by atoms with Gasteiger partial charge in [0.2, 0.25) is 0 Å². The second-order valence-electron chi connectivity index (χ2n) is 4.67. The lowest BCUT2D eigenvalue weighted by atomic mass is 9.78. The van der Waals surface area contributed by atoms with Crippen molar-refractivity contribution in [3.8, 4) is 6.07 Å². The first-order valence-corrected chi connectivity index (χ1v) is 5.75. The number of nitro benzene ring substituents is 1. The molecule has 0 bridgehead atoms. The van der Waals surface area contributed by atoms with Gasteiger partial charge < -0.3 is 11.1 Å². The minimum absolute atomic E-state index is 0.0599. The number of benzene rings is 1. The van der Waals surface area contributed by atoms with E-state index in [0.717, 1.165) is 19.3 Å². The second-order valence-corrected chi connectivity index (χ2v) is 4.67. The Labute approximate surface area is 105 Å². The minimum Gasteiger partial charge on any atom is -0.383 e. The number of rotatable bonds is 4. The number of nitriles is 1. The van der Waals surface area contributed by atoms with Crippen molar-refractivity contribution in [2.45, 2.75) is 24.8 Å². The normalized spacial score (nSPS) is 16.4. The predicted molar refractivity (Wildman–Crippen MR) is 67.1 cm³/mol. The highest BCUT2D eigenvalue weighted by atomic mass is 16.6. The molecule has 1 aromatic carbocycles. The summed E-state index contributed by atoms with van der Waals surface area (Å²) in [5, 5.41) is 22.7. The molecular weight excluding hydrogens is 232 g/mol. The van der Waals surface area contributed by atoms with Crippen molar-refractivity contribution in [3.05, 3.63) is 33.9 Å². The number of hydrogen-bond donors (Lipinski definition) is 2. The van der Waals surface area contributed by atoms with E-state index in [1.54, 1.807) is 6.07 Å². The van der Waals surface area contributed by atoms with E-state index >= 15 is 0 Å². The van der Waals surface area contributed by atoms with Crippen LogP contribution in [0, 0.1) is 21.4 Å². The molecule has 0 saturated heterocycles. The van der Waals surface area contributed by atoms with Crippen molar-refractivity contribution < 1.29 is 4.92 Å². The Hall–Kier alpha value is -2.13. The van der Waals surface area contributed by atoms with Gasteiger partial charge in [0.25, 0.3) is 5.69 Å². The summed E-state index contributed by atoms with van der Waals surface area (Å²) in [7, 11) is 0. The van der Waals surface area contributed by atoms with Crippen molar-refractivity contribution in [2.24, 2.45) is 5.73 Å². The fourth-order valence-corrected chi connectivity index (χ4v) is 1.98. The molecule has 0 unspecified atom stereocenters. The van der Waals surface area contributed by atoms with Crippen LogP contribution >= 0.6 is 0 Å². The van der Waals surface area contributed by atoms with E-state index in [2.05, 4.69) is 5.32 Å². The number of nitrogens with zero attached hydrogens (tertiary/aromatic N) is 2. The number of hydrogen-bond acceptors (Lipinski definition) is 5. The highest BCUT2D eigenvalue weighted by Gasteiger charge is 2.32. The predicted octanol–water partition coefficient (Wildman–Crippen LogP) is 1.76. The first-order chi connectivity index (χ1) is 8.54. The van der Waals surface area contributed by atoms with E-state index < -0.39 is 4.92 Å². The number of nitrogens with one attached hydrogen (secondary N) is 1. The van der Waals surface area contributed by atoms with Crippen LogP contribution in [-0.2, 0) is 0 Å². The van der Waals surface area contributed by atoms with E-state index in [4.69, 9.17) is 11.0 Å². The molecule has 0 radical (unpaired) electrons. The van der Waals surface area contributed by atoms with Crippen LogP contribution in [0.4, 0.5) is 11.4 Å². The fraction of sp³-hybridized carbons (Fsp3) is 0.417. The molecule has 0 amide bonds. The van der Waals surface area contributed by atoms with Crippen molar-refractivity contribution in [2.75, 3.05) is 11.9 Å². The molecule has 3 N–H and O–H groups in total. The molecule has 1 aromatic rings. The highest BCUT2D eigenvalue weighted by Crippen LogP contribution is 2.29. The maximum absolute atomic E-state index is 10.7. The quantitative estimate of drug-likeness (QED) is 0.622. The summed E-state index contributed by atoms with van der Waals surface area (Å²) in [5.74, 6) is 0. The average molecular weight is 246 g/mol. The van der Waals surface area contributed by atoms with Crippen LogP contribution in [0.3, 0.4) is 0 Å². The van der Waals surface area contributed by atoms with Gasteiger partial charge in [-0.25, -0.2) is 0 Å². The van der Waals surface area contributed by atoms with Crippen LogP contribution in [0.15, 0.2) is 18.2 Å². The summed E-state index contributed by atoms with van der Waals surface area (Å²) in [6.07, 6.45) is 3.11. The zero-order valence-electron chi connectivity index (χ0n) is 9.85. The molecule has 0 spiro atoms. The summed E-state index contributed by atoms with van der Waals surface area (Å²) in [5.41, 5.74) is 6.47. The van der Waals surface area contributed by atoms with Gasteiger partial charge in [-0.15, -0.1) is 0 Å². The van der Waals surface area contributed by atoms with Gasteiger partial charge in [-0.1, -0.05) is 0 Å². The standard InChI is InChI=1S/C12H14N4O2/c13-7-9-6-10(2-3-11(9)16(17)18)15-8-12(14)4-1-5-12/h2-3,6,15H,1,4-5,8,14H2. The summed E-state index contributed by atoms with van der Waals surface area (Å²) in [6, 6.07) is 6.25. The van der Waals surface area contributed by atoms with Gasteiger partial charge >= 0.3 is 0 Å². The summed E-state index contributed by atoms with van der Waals surface area (Å²) >= 11 is 0. The molecule has 0 heterocycles. The van der Waals surface area contributed by atoms with Gasteiger partial charge in [0.15, 0.2) is 0 Å². The molecule has 1 saturated carbocycles. The Bertz CT molecular complexity index is 517. The number of nitrogens with two attached hydrogens (primary N) is 1. The molecule has 0 aliphatic heterocycles. The first kappa shape index (κ1) is 12.3. The van der Waals surface area contributed by atoms with E-state index in [9.17, 15) is 10.1 Å². The molecule has 0 aromatic heterocycles. The Morgan fingerprint density at radius 1 is 1.56 bits per heavy atom. The third-order valence-corrected chi connectivity index (χ3v) is 3.31. The zero-order chi connectivity index (χ0) is 13.2. The summed E-state index contributed by atoms with van der Waals surface area (Å²) in [4.78, 5) is 10.1. The molecular formula is C12H14N4O2. The number of anilines is 1. The SMILES string of the molecule is N#Cc1cc(NCC2(N)CCC2)ccc1[N+](=O)[O-]. The van der Waals surface area contributed by atoms with Gasteiger partial charge in [-0.2, -0.15) is 5.26 Å². The lowest BCUT2D eigenvalue weighted by Crippen LogP contribution is -2.51. The van der Waals surface area contributed by atoms with Crippen molar-refractivity contribution in [1.29, 1.82) is 5.26 Å². The third-order valence-electron chi connectivity index (χ3n) is 3.31. The Morgan fingerprint density at radius 2 is 2.28 bits per heavy atom. The van der Waals surface area contributed by atoms with Gasteiger partial charge in [-0.3, -0.25) is 10.1 Å². The molecule has 1 aliphatic rings. The Balaban J connectivity index is 2.10. The van der Waals surface area contributed by atoms with E-state index in [1.807, 2.05) is 6.07 Å². The smallest absolute Gasteiger partial charge is 0.287 e. The molecule has 2 rings (SSSR count). The largest absolute Gasteiger partial charge is 0.383 e. The van der Waals surface area contributed by atoms with Crippen LogP contribution < -0.4 is 11.1 Å². The minimum atomic E-state index is -0.557. The summed E-state index contributed by atoms with van der Waals surface area (Å²) < 4.78 is 0. The first-order valence-electron chi connectivity index (χ1n) is 5.75. The highest BCUT2D eigenvalue weighted by molar-refractivity contribution is 5.58. The molecule has 18 heavy (non-hydrogen) atoms. The molecule has 1 fully saturated rings. The molecule has 1 aliphatic carbocycles. The zero-order valence-corrected chi connectivity index (χ0v) is 9.85. The van der Waals surface area contributed by atoms with Crippen LogP contribution in [0.1, 0.15) is 24.8 Å². The van der Waals surface area contributed by atoms with Crippen molar-refractivity contribution in [1.82, 2.24) is 0 Å². The average Bonchev–Trinajstić information content (AvgIpc) is 2.33. The Morgan fingerprint density at radius 3 is 2.78 bits per heavy atom. The lowest BCUT2D eigenvalue weighted by Gasteiger charge is -2.38. The number of nitro groups is 1. The maximum Gasteiger partial charge on any atom is 0.287 e. The van der Waals surface area contributed by atoms with Crippen LogP contribution in [0.2, 0.25) is 0 Å². The molecule has 94 valence electrons. The van der Waals surface area contributed by atoms with Gasteiger partial charge in [-0.05, 0) is 31.4 Å². The summed E-state index contributed by atoms with van der Waals surface area (Å²) in [6.45, 7) is 0.621. The molecule has 0 atom stereocenters. The van der Waals surface area contributed by atoms with Crippen LogP contribution in [-0.4, -0.2) is 17.0 Å². The van der Waals surface area contributed by atoms with Gasteiger partial charge in [0.1, 0.15) is 11.6 Å². The van der Waals surface area contributed by atoms with Crippen molar-refractivity contribution >= 4 is 11.4 Å². The fourth-order valence-electron chi connectivity index (χ4n) is 1.98. The monoisotopic (exact) mass is 246 g/mol. The maximum atomic E-state index is 10.7. The second kappa shape index (κ2) is 4.63. The Kier molecular flexibility index (Phi) is 3.17. The molecule has 6 nitrogen and oxygen atoms in total. The topological polar surface area (TPSA) is 105 Å².